The van der Waals surface area contributed by atoms with Gasteiger partial charge in [0.1, 0.15) is 17.9 Å². The predicted molar refractivity (Wildman–Crippen MR) is 67.9 cm³/mol. The van der Waals surface area contributed by atoms with Crippen molar-refractivity contribution in [3.05, 3.63) is 18.6 Å². The van der Waals surface area contributed by atoms with Crippen LogP contribution in [0.3, 0.4) is 0 Å². The summed E-state index contributed by atoms with van der Waals surface area (Å²) in [7, 11) is 0. The number of hydrogen-bond donors (Lipinski definition) is 1. The highest BCUT2D eigenvalue weighted by Crippen LogP contribution is 1.97. The van der Waals surface area contributed by atoms with Gasteiger partial charge in [-0.25, -0.2) is 9.97 Å². The highest BCUT2D eigenvalue weighted by Gasteiger charge is 1.95. The van der Waals surface area contributed by atoms with E-state index in [2.05, 4.69) is 9.97 Å². The maximum Gasteiger partial charge on any atom is 0.130 e. The van der Waals surface area contributed by atoms with Gasteiger partial charge in [0.15, 0.2) is 0 Å². The van der Waals surface area contributed by atoms with Crippen molar-refractivity contribution in [2.75, 3.05) is 5.73 Å². The fraction of sp³-hybridized carbons (Fsp3) is 0.583. The number of nitrogens with zero attached hydrogens (tertiary/aromatic N) is 2. The molecule has 92 valence electrons. The van der Waals surface area contributed by atoms with Crippen LogP contribution in [-0.4, -0.2) is 15.8 Å². The van der Waals surface area contributed by atoms with Gasteiger partial charge in [0.05, 0.1) is 0 Å². The molecule has 0 atom stereocenters. The van der Waals surface area contributed by atoms with Gasteiger partial charge in [-0.3, -0.25) is 0 Å². The summed E-state index contributed by atoms with van der Waals surface area (Å²) in [6.45, 7) is 9.71. The Bertz CT molecular complexity index is 260. The second kappa shape index (κ2) is 11.6. The Labute approximate surface area is 98.3 Å². The van der Waals surface area contributed by atoms with E-state index in [1.165, 1.54) is 6.33 Å². The summed E-state index contributed by atoms with van der Waals surface area (Å²) in [6, 6.07) is 1.64. The van der Waals surface area contributed by atoms with Crippen molar-refractivity contribution >= 4 is 11.6 Å². The standard InChI is InChI=1S/C6H12O.C4H5N3.C2H6/c1-5(2)4-6(3)7;5-4-1-2-6-3-7-4;1-2/h5H,4H2,1-3H3;1-3H,(H2,5,6,7);1-2H3. The second-order valence-electron chi connectivity index (χ2n) is 3.43. The third kappa shape index (κ3) is 15.0. The number of nitrogen functional groups attached to an aromatic ring is 1. The highest BCUT2D eigenvalue weighted by atomic mass is 16.1. The molecule has 4 heteroatoms. The molecule has 0 fully saturated rings. The molecule has 4 nitrogen and oxygen atoms in total. The largest absolute Gasteiger partial charge is 0.384 e. The lowest BCUT2D eigenvalue weighted by molar-refractivity contribution is -0.117. The zero-order valence-corrected chi connectivity index (χ0v) is 10.9. The first-order valence-electron chi connectivity index (χ1n) is 5.53. The van der Waals surface area contributed by atoms with Gasteiger partial charge in [-0.05, 0) is 18.9 Å². The van der Waals surface area contributed by atoms with Gasteiger partial charge >= 0.3 is 0 Å². The Hall–Kier alpha value is -1.45. The summed E-state index contributed by atoms with van der Waals surface area (Å²) in [6.07, 6.45) is 3.73. The molecule has 0 saturated heterocycles. The molecule has 2 N–H and O–H groups in total. The molecule has 16 heavy (non-hydrogen) atoms. The van der Waals surface area contributed by atoms with Gasteiger partial charge < -0.3 is 10.5 Å². The van der Waals surface area contributed by atoms with E-state index in [4.69, 9.17) is 5.73 Å². The molecule has 0 aliphatic carbocycles. The zero-order chi connectivity index (χ0) is 13.0. The smallest absolute Gasteiger partial charge is 0.130 e. The number of anilines is 1. The number of rotatable bonds is 2. The summed E-state index contributed by atoms with van der Waals surface area (Å²) < 4.78 is 0. The third-order valence-corrected chi connectivity index (χ3v) is 1.30. The number of Topliss-reactive ketones (excluding diaryl/α,β-unsaturated/α-hetero) is 1. The summed E-state index contributed by atoms with van der Waals surface area (Å²) in [5.41, 5.74) is 5.21. The molecule has 0 aromatic carbocycles. The van der Waals surface area contributed by atoms with Crippen molar-refractivity contribution in [1.82, 2.24) is 9.97 Å². The van der Waals surface area contributed by atoms with Crippen LogP contribution in [0.5, 0.6) is 0 Å². The van der Waals surface area contributed by atoms with Gasteiger partial charge in [-0.2, -0.15) is 0 Å². The van der Waals surface area contributed by atoms with Crippen LogP contribution in [0.25, 0.3) is 0 Å². The van der Waals surface area contributed by atoms with Crippen LogP contribution in [0.2, 0.25) is 0 Å². The molecule has 0 spiro atoms. The van der Waals surface area contributed by atoms with Crippen LogP contribution in [0.4, 0.5) is 5.82 Å². The van der Waals surface area contributed by atoms with Gasteiger partial charge in [-0.1, -0.05) is 27.7 Å². The Morgan fingerprint density at radius 3 is 2.12 bits per heavy atom. The van der Waals surface area contributed by atoms with Crippen molar-refractivity contribution in [2.24, 2.45) is 5.92 Å². The molecule has 1 heterocycles. The molecule has 0 bridgehead atoms. The topological polar surface area (TPSA) is 68.9 Å². The minimum atomic E-state index is 0.287. The fourth-order valence-corrected chi connectivity index (χ4v) is 0.876. The molecule has 1 aromatic heterocycles. The molecular weight excluding hydrogens is 202 g/mol. The van der Waals surface area contributed by atoms with E-state index >= 15 is 0 Å². The molecular formula is C12H23N3O. The average Bonchev–Trinajstić information content (AvgIpc) is 2.20. The Kier molecular flexibility index (Phi) is 12.3. The van der Waals surface area contributed by atoms with Crippen molar-refractivity contribution in [1.29, 1.82) is 0 Å². The summed E-state index contributed by atoms with van der Waals surface area (Å²) in [5.74, 6) is 1.32. The molecule has 0 saturated carbocycles. The molecule has 0 aliphatic rings. The van der Waals surface area contributed by atoms with Crippen molar-refractivity contribution < 1.29 is 4.79 Å². The Balaban J connectivity index is 0. The van der Waals surface area contributed by atoms with E-state index in [-0.39, 0.29) is 5.78 Å². The van der Waals surface area contributed by atoms with E-state index in [9.17, 15) is 4.79 Å². The van der Waals surface area contributed by atoms with Crippen LogP contribution in [-0.2, 0) is 4.79 Å². The summed E-state index contributed by atoms with van der Waals surface area (Å²) >= 11 is 0. The van der Waals surface area contributed by atoms with Crippen molar-refractivity contribution in [3.8, 4) is 0 Å². The van der Waals surface area contributed by atoms with Crippen LogP contribution in [0.1, 0.15) is 41.0 Å². The van der Waals surface area contributed by atoms with Gasteiger partial charge in [-0.15, -0.1) is 0 Å². The molecule has 0 aliphatic heterocycles. The summed E-state index contributed by atoms with van der Waals surface area (Å²) in [5, 5.41) is 0. The monoisotopic (exact) mass is 225 g/mol. The van der Waals surface area contributed by atoms with Crippen LogP contribution >= 0.6 is 0 Å². The zero-order valence-electron chi connectivity index (χ0n) is 10.9. The quantitative estimate of drug-likeness (QED) is 0.840. The lowest BCUT2D eigenvalue weighted by atomic mass is 10.1. The maximum absolute atomic E-state index is 10.3. The number of nitrogens with two attached hydrogens (primary N) is 1. The first-order chi connectivity index (χ1) is 7.52. The lowest BCUT2D eigenvalue weighted by Gasteiger charge is -1.95. The first kappa shape index (κ1) is 17.0. The van der Waals surface area contributed by atoms with E-state index in [0.717, 1.165) is 6.42 Å². The molecule has 1 rings (SSSR count). The van der Waals surface area contributed by atoms with Gasteiger partial charge in [0.25, 0.3) is 0 Å². The number of ketones is 1. The molecule has 1 aromatic rings. The number of aromatic nitrogens is 2. The molecule has 0 unspecified atom stereocenters. The summed E-state index contributed by atoms with van der Waals surface area (Å²) in [4.78, 5) is 17.6. The SMILES string of the molecule is CC.CC(=O)CC(C)C.Nc1ccncn1. The number of hydrogen-bond acceptors (Lipinski definition) is 4. The van der Waals surface area contributed by atoms with Gasteiger partial charge in [0.2, 0.25) is 0 Å². The first-order valence-corrected chi connectivity index (χ1v) is 5.53. The van der Waals surface area contributed by atoms with Crippen LogP contribution < -0.4 is 5.73 Å². The van der Waals surface area contributed by atoms with Crippen molar-refractivity contribution in [2.45, 2.75) is 41.0 Å². The van der Waals surface area contributed by atoms with Crippen LogP contribution in [0, 0.1) is 5.92 Å². The van der Waals surface area contributed by atoms with E-state index in [1.54, 1.807) is 19.2 Å². The lowest BCUT2D eigenvalue weighted by Crippen LogP contribution is -1.95. The number of carbonyl (C=O) groups is 1. The Morgan fingerprint density at radius 1 is 1.44 bits per heavy atom. The minimum absolute atomic E-state index is 0.287. The number of carbonyl (C=O) groups excluding carboxylic acids is 1. The van der Waals surface area contributed by atoms with Crippen molar-refractivity contribution in [3.63, 3.8) is 0 Å². The third-order valence-electron chi connectivity index (χ3n) is 1.30. The second-order valence-corrected chi connectivity index (χ2v) is 3.43. The van der Waals surface area contributed by atoms with Crippen LogP contribution in [0.15, 0.2) is 18.6 Å². The fourth-order valence-electron chi connectivity index (χ4n) is 0.876. The predicted octanol–water partition coefficient (Wildman–Crippen LogP) is 2.71. The van der Waals surface area contributed by atoms with E-state index < -0.39 is 0 Å². The average molecular weight is 225 g/mol. The molecule has 0 radical (unpaired) electrons. The maximum atomic E-state index is 10.3. The normalized spacial score (nSPS) is 8.38. The molecule has 0 amide bonds. The highest BCUT2D eigenvalue weighted by molar-refractivity contribution is 5.75. The Morgan fingerprint density at radius 2 is 2.00 bits per heavy atom. The minimum Gasteiger partial charge on any atom is -0.384 e. The van der Waals surface area contributed by atoms with E-state index in [0.29, 0.717) is 11.7 Å². The van der Waals surface area contributed by atoms with Gasteiger partial charge in [0, 0.05) is 12.6 Å². The van der Waals surface area contributed by atoms with E-state index in [1.807, 2.05) is 27.7 Å².